The smallest absolute Gasteiger partial charge is 0.0243 e. The average molecular weight is 186 g/mol. The van der Waals surface area contributed by atoms with E-state index in [1.165, 1.54) is 12.8 Å². The lowest BCUT2D eigenvalue weighted by Gasteiger charge is -2.35. The van der Waals surface area contributed by atoms with Gasteiger partial charge in [-0.25, -0.2) is 0 Å². The van der Waals surface area contributed by atoms with Gasteiger partial charge >= 0.3 is 0 Å². The van der Waals surface area contributed by atoms with E-state index in [2.05, 4.69) is 39.6 Å². The molecule has 0 bridgehead atoms. The van der Waals surface area contributed by atoms with E-state index in [1.54, 1.807) is 0 Å². The minimum Gasteiger partial charge on any atom is -0.329 e. The first-order valence-electron chi connectivity index (χ1n) is 5.50. The molecule has 0 aromatic carbocycles. The highest BCUT2D eigenvalue weighted by atomic mass is 15.2. The van der Waals surface area contributed by atoms with Gasteiger partial charge in [0.15, 0.2) is 0 Å². The van der Waals surface area contributed by atoms with Crippen LogP contribution in [0.5, 0.6) is 0 Å². The van der Waals surface area contributed by atoms with Gasteiger partial charge in [-0.3, -0.25) is 4.90 Å². The number of rotatable bonds is 6. The second-order valence-electron chi connectivity index (χ2n) is 4.11. The Morgan fingerprint density at radius 2 is 1.69 bits per heavy atom. The summed E-state index contributed by atoms with van der Waals surface area (Å²) >= 11 is 0. The van der Waals surface area contributed by atoms with Gasteiger partial charge in [0.25, 0.3) is 0 Å². The maximum atomic E-state index is 5.80. The van der Waals surface area contributed by atoms with E-state index in [0.29, 0.717) is 18.0 Å². The molecular formula is C11H26N2. The van der Waals surface area contributed by atoms with E-state index in [-0.39, 0.29) is 0 Å². The van der Waals surface area contributed by atoms with E-state index in [4.69, 9.17) is 5.73 Å². The fourth-order valence-corrected chi connectivity index (χ4v) is 1.69. The van der Waals surface area contributed by atoms with E-state index in [0.717, 1.165) is 6.54 Å². The Labute approximate surface area is 83.5 Å². The highest BCUT2D eigenvalue weighted by Gasteiger charge is 2.21. The van der Waals surface area contributed by atoms with Crippen LogP contribution in [0, 0.1) is 5.92 Å². The van der Waals surface area contributed by atoms with Crippen LogP contribution < -0.4 is 5.73 Å². The molecule has 0 radical (unpaired) electrons. The Morgan fingerprint density at radius 1 is 1.15 bits per heavy atom. The molecule has 80 valence electrons. The van der Waals surface area contributed by atoms with Gasteiger partial charge in [-0.05, 0) is 26.3 Å². The highest BCUT2D eigenvalue weighted by Crippen LogP contribution is 2.15. The van der Waals surface area contributed by atoms with Gasteiger partial charge in [0.05, 0.1) is 0 Å². The lowest BCUT2D eigenvalue weighted by Crippen LogP contribution is -2.46. The standard InChI is InChI=1S/C11H26N2/c1-6-9(3)11(8-12)13(5)10(4)7-2/h9-11H,6-8,12H2,1-5H3. The monoisotopic (exact) mass is 186 g/mol. The van der Waals surface area contributed by atoms with E-state index < -0.39 is 0 Å². The van der Waals surface area contributed by atoms with Gasteiger partial charge in [0.1, 0.15) is 0 Å². The summed E-state index contributed by atoms with van der Waals surface area (Å²) in [6, 6.07) is 1.18. The third-order valence-electron chi connectivity index (χ3n) is 3.35. The normalized spacial score (nSPS) is 18.7. The Hall–Kier alpha value is -0.0800. The zero-order chi connectivity index (χ0) is 10.4. The third kappa shape index (κ3) is 3.65. The molecule has 3 unspecified atom stereocenters. The Balaban J connectivity index is 4.21. The summed E-state index contributed by atoms with van der Waals surface area (Å²) in [5.41, 5.74) is 5.80. The second-order valence-corrected chi connectivity index (χ2v) is 4.11. The van der Waals surface area contributed by atoms with Crippen molar-refractivity contribution in [3.63, 3.8) is 0 Å². The summed E-state index contributed by atoms with van der Waals surface area (Å²) in [4.78, 5) is 2.42. The summed E-state index contributed by atoms with van der Waals surface area (Å²) < 4.78 is 0. The van der Waals surface area contributed by atoms with Crippen LogP contribution in [0.25, 0.3) is 0 Å². The molecule has 3 atom stereocenters. The lowest BCUT2D eigenvalue weighted by molar-refractivity contribution is 0.137. The van der Waals surface area contributed by atoms with Gasteiger partial charge < -0.3 is 5.73 Å². The van der Waals surface area contributed by atoms with Crippen molar-refractivity contribution in [3.8, 4) is 0 Å². The SMILES string of the molecule is CCC(C)C(CN)N(C)C(C)CC. The molecule has 2 N–H and O–H groups in total. The molecular weight excluding hydrogens is 160 g/mol. The van der Waals surface area contributed by atoms with Crippen molar-refractivity contribution in [1.29, 1.82) is 0 Å². The van der Waals surface area contributed by atoms with Crippen LogP contribution in [0.15, 0.2) is 0 Å². The molecule has 0 heterocycles. The van der Waals surface area contributed by atoms with Gasteiger partial charge in [-0.1, -0.05) is 27.2 Å². The Morgan fingerprint density at radius 3 is 2.00 bits per heavy atom. The van der Waals surface area contributed by atoms with Crippen molar-refractivity contribution in [2.24, 2.45) is 11.7 Å². The van der Waals surface area contributed by atoms with Gasteiger partial charge in [0.2, 0.25) is 0 Å². The average Bonchev–Trinajstić information content (AvgIpc) is 2.17. The molecule has 2 nitrogen and oxygen atoms in total. The quantitative estimate of drug-likeness (QED) is 0.688. The molecule has 0 saturated heterocycles. The first-order chi connectivity index (χ1) is 6.08. The molecule has 0 aliphatic heterocycles. The Kier molecular flexibility index (Phi) is 6.35. The summed E-state index contributed by atoms with van der Waals surface area (Å²) in [7, 11) is 2.19. The minimum absolute atomic E-state index is 0.542. The summed E-state index contributed by atoms with van der Waals surface area (Å²) in [5, 5.41) is 0. The summed E-state index contributed by atoms with van der Waals surface area (Å²) in [5.74, 6) is 0.698. The molecule has 0 spiro atoms. The number of likely N-dealkylation sites (N-methyl/N-ethyl adjacent to an activating group) is 1. The molecule has 0 aromatic heterocycles. The first kappa shape index (κ1) is 12.9. The topological polar surface area (TPSA) is 29.3 Å². The molecule has 2 heteroatoms. The van der Waals surface area contributed by atoms with Crippen molar-refractivity contribution in [1.82, 2.24) is 4.90 Å². The van der Waals surface area contributed by atoms with Crippen LogP contribution in [-0.4, -0.2) is 30.6 Å². The zero-order valence-electron chi connectivity index (χ0n) is 9.88. The number of hydrogen-bond acceptors (Lipinski definition) is 2. The van der Waals surface area contributed by atoms with Gasteiger partial charge in [0, 0.05) is 18.6 Å². The van der Waals surface area contributed by atoms with Crippen molar-refractivity contribution in [3.05, 3.63) is 0 Å². The molecule has 0 fully saturated rings. The summed E-state index contributed by atoms with van der Waals surface area (Å²) in [6.45, 7) is 9.79. The van der Waals surface area contributed by atoms with Crippen molar-refractivity contribution < 1.29 is 0 Å². The van der Waals surface area contributed by atoms with Crippen LogP contribution in [0.3, 0.4) is 0 Å². The van der Waals surface area contributed by atoms with E-state index >= 15 is 0 Å². The van der Waals surface area contributed by atoms with Crippen LogP contribution >= 0.6 is 0 Å². The zero-order valence-corrected chi connectivity index (χ0v) is 9.88. The number of hydrogen-bond donors (Lipinski definition) is 1. The van der Waals surface area contributed by atoms with E-state index in [9.17, 15) is 0 Å². The summed E-state index contributed by atoms with van der Waals surface area (Å²) in [6.07, 6.45) is 2.41. The molecule has 0 aliphatic carbocycles. The predicted octanol–water partition coefficient (Wildman–Crippen LogP) is 2.09. The molecule has 0 saturated carbocycles. The van der Waals surface area contributed by atoms with Crippen molar-refractivity contribution >= 4 is 0 Å². The minimum atomic E-state index is 0.542. The maximum absolute atomic E-state index is 5.80. The molecule has 0 aliphatic rings. The van der Waals surface area contributed by atoms with Crippen LogP contribution in [0.1, 0.15) is 40.5 Å². The number of nitrogens with two attached hydrogens (primary N) is 1. The van der Waals surface area contributed by atoms with Crippen molar-refractivity contribution in [2.45, 2.75) is 52.6 Å². The molecule has 0 amide bonds. The molecule has 13 heavy (non-hydrogen) atoms. The second kappa shape index (κ2) is 6.39. The van der Waals surface area contributed by atoms with Crippen LogP contribution in [-0.2, 0) is 0 Å². The van der Waals surface area contributed by atoms with Crippen LogP contribution in [0.4, 0.5) is 0 Å². The van der Waals surface area contributed by atoms with Gasteiger partial charge in [-0.2, -0.15) is 0 Å². The fraction of sp³-hybridized carbons (Fsp3) is 1.00. The largest absolute Gasteiger partial charge is 0.329 e. The fourth-order valence-electron chi connectivity index (χ4n) is 1.69. The molecule has 0 aromatic rings. The molecule has 0 rings (SSSR count). The lowest BCUT2D eigenvalue weighted by atomic mass is 9.96. The highest BCUT2D eigenvalue weighted by molar-refractivity contribution is 4.78. The third-order valence-corrected chi connectivity index (χ3v) is 3.35. The number of nitrogens with zero attached hydrogens (tertiary/aromatic N) is 1. The maximum Gasteiger partial charge on any atom is 0.0243 e. The van der Waals surface area contributed by atoms with E-state index in [1.807, 2.05) is 0 Å². The van der Waals surface area contributed by atoms with Crippen molar-refractivity contribution in [2.75, 3.05) is 13.6 Å². The Bertz CT molecular complexity index is 125. The van der Waals surface area contributed by atoms with Gasteiger partial charge in [-0.15, -0.1) is 0 Å². The van der Waals surface area contributed by atoms with Crippen LogP contribution in [0.2, 0.25) is 0 Å². The predicted molar refractivity (Wildman–Crippen MR) is 59.8 cm³/mol. The first-order valence-corrected chi connectivity index (χ1v) is 5.50.